The van der Waals surface area contributed by atoms with Crippen LogP contribution < -0.4 is 10.6 Å². The summed E-state index contributed by atoms with van der Waals surface area (Å²) in [7, 11) is 0. The summed E-state index contributed by atoms with van der Waals surface area (Å²) in [5, 5.41) is 5.58. The molecule has 76 valence electrons. The molecule has 0 saturated carbocycles. The van der Waals surface area contributed by atoms with E-state index >= 15 is 0 Å². The number of rotatable bonds is 4. The number of esters is 1. The van der Waals surface area contributed by atoms with E-state index < -0.39 is 11.6 Å². The summed E-state index contributed by atoms with van der Waals surface area (Å²) < 4.78 is 18.3. The molecule has 1 atom stereocenters. The summed E-state index contributed by atoms with van der Waals surface area (Å²) in [6.07, 6.45) is 0.206. The van der Waals surface area contributed by atoms with E-state index in [0.29, 0.717) is 13.1 Å². The standard InChI is InChI=1S/C8H15FN2O2/c1-2-10-6-13-7(12)8(9)3-4-11-5-8/h10-11H,2-6H2,1H3. The smallest absolute Gasteiger partial charge is 0.346 e. The van der Waals surface area contributed by atoms with E-state index in [1.807, 2.05) is 6.92 Å². The Bertz CT molecular complexity index is 181. The van der Waals surface area contributed by atoms with Gasteiger partial charge in [0.25, 0.3) is 0 Å². The number of ether oxygens (including phenoxy) is 1. The van der Waals surface area contributed by atoms with Crippen molar-refractivity contribution in [2.24, 2.45) is 0 Å². The zero-order chi connectivity index (χ0) is 9.73. The number of carbonyl (C=O) groups excluding carboxylic acids is 1. The molecule has 1 aliphatic rings. The van der Waals surface area contributed by atoms with E-state index in [2.05, 4.69) is 10.6 Å². The Hall–Kier alpha value is -0.680. The molecule has 0 aromatic rings. The predicted octanol–water partition coefficient (Wildman–Crippen LogP) is -0.202. The van der Waals surface area contributed by atoms with Gasteiger partial charge in [-0.15, -0.1) is 0 Å². The Balaban J connectivity index is 2.29. The van der Waals surface area contributed by atoms with Crippen LogP contribution in [0.1, 0.15) is 13.3 Å². The van der Waals surface area contributed by atoms with Crippen molar-refractivity contribution >= 4 is 5.97 Å². The van der Waals surface area contributed by atoms with Crippen LogP contribution in [0.3, 0.4) is 0 Å². The Labute approximate surface area is 76.8 Å². The van der Waals surface area contributed by atoms with Gasteiger partial charge in [0.05, 0.1) is 0 Å². The van der Waals surface area contributed by atoms with Gasteiger partial charge in [-0.25, -0.2) is 9.18 Å². The van der Waals surface area contributed by atoms with E-state index in [1.54, 1.807) is 0 Å². The van der Waals surface area contributed by atoms with E-state index in [0.717, 1.165) is 0 Å². The van der Waals surface area contributed by atoms with Crippen LogP contribution in [0.15, 0.2) is 0 Å². The van der Waals surface area contributed by atoms with E-state index in [9.17, 15) is 9.18 Å². The third-order valence-corrected chi connectivity index (χ3v) is 2.02. The van der Waals surface area contributed by atoms with Crippen molar-refractivity contribution in [1.29, 1.82) is 0 Å². The summed E-state index contributed by atoms with van der Waals surface area (Å²) in [6.45, 7) is 3.27. The lowest BCUT2D eigenvalue weighted by molar-refractivity contribution is -0.157. The van der Waals surface area contributed by atoms with Crippen LogP contribution >= 0.6 is 0 Å². The average Bonchev–Trinajstić information content (AvgIpc) is 2.54. The van der Waals surface area contributed by atoms with E-state index in [4.69, 9.17) is 4.74 Å². The number of carbonyl (C=O) groups is 1. The van der Waals surface area contributed by atoms with Crippen LogP contribution in [0.5, 0.6) is 0 Å². The highest BCUT2D eigenvalue weighted by Crippen LogP contribution is 2.20. The fraction of sp³-hybridized carbons (Fsp3) is 0.875. The molecule has 0 aromatic carbocycles. The van der Waals surface area contributed by atoms with E-state index in [-0.39, 0.29) is 19.7 Å². The lowest BCUT2D eigenvalue weighted by Crippen LogP contribution is -2.39. The molecule has 13 heavy (non-hydrogen) atoms. The molecular formula is C8H15FN2O2. The first kappa shape index (κ1) is 10.4. The van der Waals surface area contributed by atoms with Gasteiger partial charge in [0.2, 0.25) is 5.67 Å². The number of hydrogen-bond donors (Lipinski definition) is 2. The quantitative estimate of drug-likeness (QED) is 0.366. The monoisotopic (exact) mass is 190 g/mol. The summed E-state index contributed by atoms with van der Waals surface area (Å²) in [6, 6.07) is 0. The van der Waals surface area contributed by atoms with Crippen LogP contribution in [0.4, 0.5) is 4.39 Å². The van der Waals surface area contributed by atoms with Gasteiger partial charge >= 0.3 is 5.97 Å². The van der Waals surface area contributed by atoms with Gasteiger partial charge in [-0.05, 0) is 13.1 Å². The zero-order valence-electron chi connectivity index (χ0n) is 7.73. The Morgan fingerprint density at radius 3 is 3.08 bits per heavy atom. The van der Waals surface area contributed by atoms with E-state index in [1.165, 1.54) is 0 Å². The second-order valence-electron chi connectivity index (χ2n) is 3.07. The summed E-state index contributed by atoms with van der Waals surface area (Å²) >= 11 is 0. The largest absolute Gasteiger partial charge is 0.447 e. The average molecular weight is 190 g/mol. The molecule has 0 aliphatic carbocycles. The minimum Gasteiger partial charge on any atom is -0.447 e. The molecule has 4 nitrogen and oxygen atoms in total. The van der Waals surface area contributed by atoms with Gasteiger partial charge in [0.1, 0.15) is 6.73 Å². The van der Waals surface area contributed by atoms with Gasteiger partial charge < -0.3 is 10.1 Å². The normalized spacial score (nSPS) is 27.5. The van der Waals surface area contributed by atoms with Crippen molar-refractivity contribution in [3.05, 3.63) is 0 Å². The van der Waals surface area contributed by atoms with Crippen LogP contribution in [0.2, 0.25) is 0 Å². The van der Waals surface area contributed by atoms with Crippen molar-refractivity contribution < 1.29 is 13.9 Å². The summed E-state index contributed by atoms with van der Waals surface area (Å²) in [4.78, 5) is 11.2. The molecule has 0 aromatic heterocycles. The maximum Gasteiger partial charge on any atom is 0.346 e. The highest BCUT2D eigenvalue weighted by atomic mass is 19.1. The third-order valence-electron chi connectivity index (χ3n) is 2.02. The second-order valence-corrected chi connectivity index (χ2v) is 3.07. The van der Waals surface area contributed by atoms with Crippen molar-refractivity contribution in [3.63, 3.8) is 0 Å². The van der Waals surface area contributed by atoms with Gasteiger partial charge in [0.15, 0.2) is 0 Å². The molecule has 1 aliphatic heterocycles. The topological polar surface area (TPSA) is 50.4 Å². The maximum atomic E-state index is 13.6. The molecule has 0 spiro atoms. The number of halogens is 1. The highest BCUT2D eigenvalue weighted by Gasteiger charge is 2.43. The van der Waals surface area contributed by atoms with Crippen LogP contribution in [0.25, 0.3) is 0 Å². The first-order chi connectivity index (χ1) is 6.19. The van der Waals surface area contributed by atoms with Crippen molar-refractivity contribution in [3.8, 4) is 0 Å². The minimum absolute atomic E-state index is 0.0674. The number of hydrogen-bond acceptors (Lipinski definition) is 4. The first-order valence-electron chi connectivity index (χ1n) is 4.46. The minimum atomic E-state index is -1.81. The molecular weight excluding hydrogens is 175 g/mol. The molecule has 0 bridgehead atoms. The Morgan fingerprint density at radius 2 is 2.54 bits per heavy atom. The molecule has 1 heterocycles. The lowest BCUT2D eigenvalue weighted by Gasteiger charge is -2.16. The fourth-order valence-corrected chi connectivity index (χ4v) is 1.18. The Morgan fingerprint density at radius 1 is 1.77 bits per heavy atom. The molecule has 1 saturated heterocycles. The molecule has 0 amide bonds. The molecule has 1 unspecified atom stereocenters. The highest BCUT2D eigenvalue weighted by molar-refractivity contribution is 5.80. The SMILES string of the molecule is CCNCOC(=O)C1(F)CCNC1. The molecule has 1 fully saturated rings. The fourth-order valence-electron chi connectivity index (χ4n) is 1.18. The van der Waals surface area contributed by atoms with Gasteiger partial charge in [-0.3, -0.25) is 5.32 Å². The van der Waals surface area contributed by atoms with Crippen LogP contribution in [0, 0.1) is 0 Å². The van der Waals surface area contributed by atoms with Crippen molar-refractivity contribution in [2.75, 3.05) is 26.4 Å². The third kappa shape index (κ3) is 2.63. The zero-order valence-corrected chi connectivity index (χ0v) is 7.73. The molecule has 1 rings (SSSR count). The first-order valence-corrected chi connectivity index (χ1v) is 4.46. The molecule has 2 N–H and O–H groups in total. The molecule has 5 heteroatoms. The van der Waals surface area contributed by atoms with Crippen molar-refractivity contribution in [1.82, 2.24) is 10.6 Å². The lowest BCUT2D eigenvalue weighted by atomic mass is 10.1. The Kier molecular flexibility index (Phi) is 3.62. The maximum absolute atomic E-state index is 13.6. The van der Waals surface area contributed by atoms with Crippen molar-refractivity contribution in [2.45, 2.75) is 19.0 Å². The van der Waals surface area contributed by atoms with Gasteiger partial charge in [0, 0.05) is 13.0 Å². The summed E-state index contributed by atoms with van der Waals surface area (Å²) in [5.41, 5.74) is -1.81. The van der Waals surface area contributed by atoms with Crippen LogP contribution in [-0.2, 0) is 9.53 Å². The van der Waals surface area contributed by atoms with Gasteiger partial charge in [-0.2, -0.15) is 0 Å². The molecule has 0 radical (unpaired) electrons. The second kappa shape index (κ2) is 4.53. The number of alkyl halides is 1. The van der Waals surface area contributed by atoms with Crippen LogP contribution in [-0.4, -0.2) is 38.0 Å². The number of nitrogens with one attached hydrogen (secondary N) is 2. The summed E-state index contributed by atoms with van der Waals surface area (Å²) in [5.74, 6) is -0.765. The van der Waals surface area contributed by atoms with Gasteiger partial charge in [-0.1, -0.05) is 6.92 Å². The predicted molar refractivity (Wildman–Crippen MR) is 46.0 cm³/mol.